The molecule has 6 heteroatoms. The van der Waals surface area contributed by atoms with Gasteiger partial charge in [-0.15, -0.1) is 0 Å². The lowest BCUT2D eigenvalue weighted by Crippen LogP contribution is -2.03. The van der Waals surface area contributed by atoms with Crippen molar-refractivity contribution in [2.45, 2.75) is 17.6 Å². The normalized spacial score (nSPS) is 11.9. The van der Waals surface area contributed by atoms with E-state index in [0.717, 1.165) is 6.42 Å². The zero-order chi connectivity index (χ0) is 13.2. The van der Waals surface area contributed by atoms with E-state index in [4.69, 9.17) is 0 Å². The molecular weight excluding hydrogens is 612 g/mol. The highest BCUT2D eigenvalue weighted by atomic mass is 79.9. The van der Waals surface area contributed by atoms with E-state index < -0.39 is 0 Å². The molecule has 0 heterocycles. The maximum Gasteiger partial charge on any atom is 0.0953 e. The molecule has 0 saturated heterocycles. The predicted molar refractivity (Wildman–Crippen MR) is 97.3 cm³/mol. The standard InChI is InChI=1S/C11H9Br6/c1-2-5-3-4-6(9(12)13)8(11(16)17)7(5)10(14)15/h3-4,9-11H,1-2H2. The van der Waals surface area contributed by atoms with E-state index in [-0.39, 0.29) is 11.2 Å². The van der Waals surface area contributed by atoms with Gasteiger partial charge in [-0.05, 0) is 35.6 Å². The Morgan fingerprint density at radius 2 is 1.35 bits per heavy atom. The first-order chi connectivity index (χ1) is 7.90. The van der Waals surface area contributed by atoms with E-state index >= 15 is 0 Å². The van der Waals surface area contributed by atoms with E-state index in [1.54, 1.807) is 0 Å². The molecule has 0 fully saturated rings. The molecule has 0 aliphatic rings. The average Bonchev–Trinajstić information content (AvgIpc) is 2.26. The fourth-order valence-corrected chi connectivity index (χ4v) is 4.51. The summed E-state index contributed by atoms with van der Waals surface area (Å²) in [7, 11) is 0. The van der Waals surface area contributed by atoms with Crippen molar-refractivity contribution in [2.75, 3.05) is 0 Å². The molecule has 1 aromatic rings. The van der Waals surface area contributed by atoms with Crippen LogP contribution in [0.3, 0.4) is 0 Å². The van der Waals surface area contributed by atoms with Gasteiger partial charge < -0.3 is 0 Å². The Labute approximate surface area is 152 Å². The van der Waals surface area contributed by atoms with Gasteiger partial charge >= 0.3 is 0 Å². The van der Waals surface area contributed by atoms with Crippen LogP contribution in [0.5, 0.6) is 0 Å². The van der Waals surface area contributed by atoms with Crippen molar-refractivity contribution in [3.8, 4) is 0 Å². The summed E-state index contributed by atoms with van der Waals surface area (Å²) < 4.78 is 0.332. The minimum Gasteiger partial charge on any atom is -0.0712 e. The lowest BCUT2D eigenvalue weighted by molar-refractivity contribution is 1.13. The number of alkyl halides is 6. The van der Waals surface area contributed by atoms with Crippen molar-refractivity contribution >= 4 is 95.6 Å². The van der Waals surface area contributed by atoms with Gasteiger partial charge in [-0.3, -0.25) is 0 Å². The summed E-state index contributed by atoms with van der Waals surface area (Å²) in [5.74, 6) is 0. The molecule has 0 spiro atoms. The van der Waals surface area contributed by atoms with Gasteiger partial charge in [0.1, 0.15) is 0 Å². The van der Waals surface area contributed by atoms with Crippen molar-refractivity contribution in [3.05, 3.63) is 41.3 Å². The lowest BCUT2D eigenvalue weighted by Gasteiger charge is -2.21. The smallest absolute Gasteiger partial charge is 0.0712 e. The molecule has 0 aliphatic heterocycles. The van der Waals surface area contributed by atoms with E-state index in [1.165, 1.54) is 22.3 Å². The highest BCUT2D eigenvalue weighted by molar-refractivity contribution is 9.24. The van der Waals surface area contributed by atoms with Crippen molar-refractivity contribution in [1.29, 1.82) is 0 Å². The summed E-state index contributed by atoms with van der Waals surface area (Å²) in [6, 6.07) is 4.24. The molecule has 0 nitrogen and oxygen atoms in total. The maximum atomic E-state index is 3.98. The van der Waals surface area contributed by atoms with Crippen LogP contribution in [-0.2, 0) is 6.42 Å². The van der Waals surface area contributed by atoms with Crippen LogP contribution in [0.1, 0.15) is 33.5 Å². The molecule has 95 valence electrons. The van der Waals surface area contributed by atoms with Gasteiger partial charge in [0, 0.05) is 0 Å². The topological polar surface area (TPSA) is 0 Å². The highest BCUT2D eigenvalue weighted by Crippen LogP contribution is 2.47. The Hall–Kier alpha value is 2.10. The molecule has 1 rings (SSSR count). The van der Waals surface area contributed by atoms with Gasteiger partial charge in [0.15, 0.2) is 0 Å². The summed E-state index contributed by atoms with van der Waals surface area (Å²) >= 11 is 21.5. The van der Waals surface area contributed by atoms with Gasteiger partial charge in [0.25, 0.3) is 0 Å². The molecule has 0 aliphatic carbocycles. The Bertz CT molecular complexity index is 386. The van der Waals surface area contributed by atoms with Crippen molar-refractivity contribution < 1.29 is 0 Å². The summed E-state index contributed by atoms with van der Waals surface area (Å²) in [5.41, 5.74) is 4.86. The summed E-state index contributed by atoms with van der Waals surface area (Å²) in [4.78, 5) is 0. The van der Waals surface area contributed by atoms with Crippen LogP contribution in [0.25, 0.3) is 0 Å². The lowest BCUT2D eigenvalue weighted by atomic mass is 9.97. The minimum absolute atomic E-state index is 0.0988. The number of hydrogen-bond donors (Lipinski definition) is 0. The van der Waals surface area contributed by atoms with Gasteiger partial charge in [0.2, 0.25) is 0 Å². The molecule has 1 aromatic carbocycles. The molecule has 0 N–H and O–H groups in total. The molecule has 0 amide bonds. The van der Waals surface area contributed by atoms with Crippen molar-refractivity contribution in [1.82, 2.24) is 0 Å². The van der Waals surface area contributed by atoms with Crippen LogP contribution >= 0.6 is 95.6 Å². The summed E-state index contributed by atoms with van der Waals surface area (Å²) in [5, 5.41) is 0. The van der Waals surface area contributed by atoms with Crippen molar-refractivity contribution in [3.63, 3.8) is 0 Å². The predicted octanol–water partition coefficient (Wildman–Crippen LogP) is 7.43. The fraction of sp³-hybridized carbons (Fsp3) is 0.364. The van der Waals surface area contributed by atoms with E-state index in [1.807, 2.05) is 0 Å². The molecule has 0 bridgehead atoms. The third kappa shape index (κ3) is 4.28. The second kappa shape index (κ2) is 7.77. The quantitative estimate of drug-likeness (QED) is 0.308. The molecule has 0 unspecified atom stereocenters. The largest absolute Gasteiger partial charge is 0.0953 e. The van der Waals surface area contributed by atoms with Crippen LogP contribution in [0, 0.1) is 6.92 Å². The van der Waals surface area contributed by atoms with E-state index in [9.17, 15) is 0 Å². The fourth-order valence-electron chi connectivity index (χ4n) is 1.61. The number of hydrogen-bond acceptors (Lipinski definition) is 0. The van der Waals surface area contributed by atoms with Gasteiger partial charge in [-0.25, -0.2) is 0 Å². The third-order valence-corrected chi connectivity index (χ3v) is 5.17. The van der Waals surface area contributed by atoms with Crippen LogP contribution in [0.15, 0.2) is 12.1 Å². The SMILES string of the molecule is [CH2]Cc1ccc(C(Br)Br)c(C(Br)Br)c1C(Br)Br. The third-order valence-electron chi connectivity index (χ3n) is 2.35. The summed E-state index contributed by atoms with van der Waals surface area (Å²) in [6.45, 7) is 3.98. The van der Waals surface area contributed by atoms with E-state index in [0.29, 0.717) is 0 Å². The molecule has 0 aromatic heterocycles. The number of benzene rings is 1. The first-order valence-corrected chi connectivity index (χ1v) is 10.2. The Balaban J connectivity index is 3.53. The molecule has 0 saturated carbocycles. The Morgan fingerprint density at radius 1 is 0.824 bits per heavy atom. The maximum absolute atomic E-state index is 3.98. The monoisotopic (exact) mass is 615 g/mol. The van der Waals surface area contributed by atoms with Crippen LogP contribution in [-0.4, -0.2) is 0 Å². The van der Waals surface area contributed by atoms with Crippen molar-refractivity contribution in [2.24, 2.45) is 0 Å². The second-order valence-corrected chi connectivity index (χ2v) is 12.5. The molecule has 1 radical (unpaired) electrons. The Kier molecular flexibility index (Phi) is 7.84. The zero-order valence-corrected chi connectivity index (χ0v) is 18.1. The van der Waals surface area contributed by atoms with Gasteiger partial charge in [-0.2, -0.15) is 0 Å². The first-order valence-electron chi connectivity index (χ1n) is 4.69. The highest BCUT2D eigenvalue weighted by Gasteiger charge is 2.23. The molecule has 0 atom stereocenters. The average molecular weight is 621 g/mol. The van der Waals surface area contributed by atoms with Crippen LogP contribution in [0.2, 0.25) is 0 Å². The van der Waals surface area contributed by atoms with Crippen LogP contribution in [0.4, 0.5) is 0 Å². The first kappa shape index (κ1) is 17.2. The van der Waals surface area contributed by atoms with Gasteiger partial charge in [-0.1, -0.05) is 108 Å². The minimum atomic E-state index is 0.0988. The van der Waals surface area contributed by atoms with E-state index in [2.05, 4.69) is 115 Å². The molecule has 17 heavy (non-hydrogen) atoms. The Morgan fingerprint density at radius 3 is 1.71 bits per heavy atom. The van der Waals surface area contributed by atoms with Gasteiger partial charge in [0.05, 0.1) is 11.2 Å². The second-order valence-electron chi connectivity index (χ2n) is 3.29. The zero-order valence-electron chi connectivity index (χ0n) is 8.57. The number of halogens is 6. The van der Waals surface area contributed by atoms with Crippen LogP contribution < -0.4 is 0 Å². The molecular formula is C11H9Br6. The summed E-state index contributed by atoms with van der Waals surface area (Å²) in [6.07, 6.45) is 0.762. The number of rotatable bonds is 4.